The Morgan fingerprint density at radius 3 is 2.45 bits per heavy atom. The highest BCUT2D eigenvalue weighted by Crippen LogP contribution is 2.30. The predicted molar refractivity (Wildman–Crippen MR) is 79.6 cm³/mol. The van der Waals surface area contributed by atoms with Gasteiger partial charge in [-0.3, -0.25) is 0 Å². The zero-order chi connectivity index (χ0) is 15.1. The highest BCUT2D eigenvalue weighted by atomic mass is 19.1. The summed E-state index contributed by atoms with van der Waals surface area (Å²) < 4.78 is 25.1. The topological polar surface area (TPSA) is 30.5 Å². The molecule has 0 amide bonds. The monoisotopic (exact) mass is 283 g/mol. The van der Waals surface area contributed by atoms with Gasteiger partial charge in [0.25, 0.3) is 0 Å². The van der Waals surface area contributed by atoms with Crippen LogP contribution in [0.3, 0.4) is 0 Å². The molecule has 0 aliphatic rings. The maximum absolute atomic E-state index is 14.5. The van der Waals surface area contributed by atoms with E-state index in [0.717, 1.165) is 13.0 Å². The number of hydrogen-bond donors (Lipinski definition) is 1. The molecule has 1 aromatic rings. The van der Waals surface area contributed by atoms with Gasteiger partial charge in [0.1, 0.15) is 0 Å². The second-order valence-electron chi connectivity index (χ2n) is 5.24. The van der Waals surface area contributed by atoms with E-state index in [1.807, 2.05) is 6.07 Å². The van der Waals surface area contributed by atoms with Crippen molar-refractivity contribution in [2.75, 3.05) is 20.8 Å². The van der Waals surface area contributed by atoms with Crippen molar-refractivity contribution >= 4 is 0 Å². The second kappa shape index (κ2) is 8.22. The van der Waals surface area contributed by atoms with Crippen molar-refractivity contribution in [1.29, 1.82) is 0 Å². The summed E-state index contributed by atoms with van der Waals surface area (Å²) in [5.74, 6) is 0.232. The van der Waals surface area contributed by atoms with Gasteiger partial charge in [0.15, 0.2) is 11.6 Å². The number of hydrogen-bond acceptors (Lipinski definition) is 3. The lowest BCUT2D eigenvalue weighted by Crippen LogP contribution is -2.37. The van der Waals surface area contributed by atoms with Crippen LogP contribution in [0.5, 0.6) is 5.75 Å². The first-order valence-electron chi connectivity index (χ1n) is 7.15. The second-order valence-corrected chi connectivity index (χ2v) is 5.24. The molecule has 0 radical (unpaired) electrons. The van der Waals surface area contributed by atoms with E-state index in [1.165, 1.54) is 7.11 Å². The third-order valence-electron chi connectivity index (χ3n) is 3.42. The minimum atomic E-state index is -0.314. The van der Waals surface area contributed by atoms with Crippen molar-refractivity contribution in [2.24, 2.45) is 5.92 Å². The van der Waals surface area contributed by atoms with Crippen LogP contribution in [0, 0.1) is 11.7 Å². The smallest absolute Gasteiger partial charge is 0.169 e. The summed E-state index contributed by atoms with van der Waals surface area (Å²) in [5, 5.41) is 3.39. The number of benzene rings is 1. The van der Waals surface area contributed by atoms with E-state index < -0.39 is 0 Å². The fraction of sp³-hybridized carbons (Fsp3) is 0.625. The normalized spacial score (nSPS) is 14.3. The summed E-state index contributed by atoms with van der Waals surface area (Å²) in [4.78, 5) is 0. The molecule has 0 fully saturated rings. The van der Waals surface area contributed by atoms with Crippen molar-refractivity contribution in [3.8, 4) is 5.75 Å². The maximum atomic E-state index is 14.5. The van der Waals surface area contributed by atoms with Crippen LogP contribution in [0.2, 0.25) is 0 Å². The molecule has 0 spiro atoms. The first-order valence-corrected chi connectivity index (χ1v) is 7.15. The highest BCUT2D eigenvalue weighted by molar-refractivity contribution is 5.33. The molecule has 0 aliphatic heterocycles. The first kappa shape index (κ1) is 16.9. The Balaban J connectivity index is 3.15. The molecule has 0 saturated heterocycles. The lowest BCUT2D eigenvalue weighted by atomic mass is 9.92. The van der Waals surface area contributed by atoms with Crippen LogP contribution >= 0.6 is 0 Å². The van der Waals surface area contributed by atoms with Gasteiger partial charge in [-0.2, -0.15) is 0 Å². The molecule has 2 atom stereocenters. The van der Waals surface area contributed by atoms with E-state index in [-0.39, 0.29) is 29.6 Å². The van der Waals surface area contributed by atoms with Gasteiger partial charge in [0.2, 0.25) is 0 Å². The number of ether oxygens (including phenoxy) is 2. The van der Waals surface area contributed by atoms with Crippen molar-refractivity contribution in [2.45, 2.75) is 39.3 Å². The van der Waals surface area contributed by atoms with Crippen LogP contribution in [0.25, 0.3) is 0 Å². The van der Waals surface area contributed by atoms with Gasteiger partial charge in [-0.05, 0) is 24.9 Å². The molecule has 0 heterocycles. The molecule has 1 aromatic carbocycles. The molecule has 0 saturated carbocycles. The van der Waals surface area contributed by atoms with Gasteiger partial charge in [-0.15, -0.1) is 0 Å². The maximum Gasteiger partial charge on any atom is 0.169 e. The van der Waals surface area contributed by atoms with Crippen molar-refractivity contribution in [3.05, 3.63) is 29.6 Å². The summed E-state index contributed by atoms with van der Waals surface area (Å²) in [7, 11) is 3.15. The largest absolute Gasteiger partial charge is 0.494 e. The van der Waals surface area contributed by atoms with Gasteiger partial charge < -0.3 is 14.8 Å². The summed E-state index contributed by atoms with van der Waals surface area (Å²) in [5.41, 5.74) is 0.596. The van der Waals surface area contributed by atoms with E-state index in [2.05, 4.69) is 26.1 Å². The van der Waals surface area contributed by atoms with Crippen LogP contribution in [0.15, 0.2) is 18.2 Å². The molecule has 2 unspecified atom stereocenters. The Hall–Kier alpha value is -1.13. The third-order valence-corrected chi connectivity index (χ3v) is 3.42. The Morgan fingerprint density at radius 1 is 1.25 bits per heavy atom. The molecule has 1 N–H and O–H groups in total. The van der Waals surface area contributed by atoms with E-state index in [0.29, 0.717) is 5.56 Å². The minimum Gasteiger partial charge on any atom is -0.494 e. The number of halogens is 1. The molecule has 114 valence electrons. The molecule has 1 rings (SSSR count). The SMILES string of the molecule is CCCNC(c1cccc(OC)c1F)C(OC)C(C)C. The highest BCUT2D eigenvalue weighted by Gasteiger charge is 2.28. The quantitative estimate of drug-likeness (QED) is 0.791. The van der Waals surface area contributed by atoms with E-state index in [4.69, 9.17) is 9.47 Å². The lowest BCUT2D eigenvalue weighted by molar-refractivity contribution is 0.0315. The summed E-state index contributed by atoms with van der Waals surface area (Å²) in [6.45, 7) is 7.05. The van der Waals surface area contributed by atoms with E-state index in [1.54, 1.807) is 19.2 Å². The molecule has 20 heavy (non-hydrogen) atoms. The number of rotatable bonds is 8. The lowest BCUT2D eigenvalue weighted by Gasteiger charge is -2.30. The van der Waals surface area contributed by atoms with Crippen LogP contribution in [0.4, 0.5) is 4.39 Å². The molecule has 3 nitrogen and oxygen atoms in total. The van der Waals surface area contributed by atoms with Crippen molar-refractivity contribution < 1.29 is 13.9 Å². The van der Waals surface area contributed by atoms with Crippen LogP contribution in [-0.2, 0) is 4.74 Å². The van der Waals surface area contributed by atoms with Crippen LogP contribution in [0.1, 0.15) is 38.8 Å². The molecule has 0 aliphatic carbocycles. The average Bonchev–Trinajstić information content (AvgIpc) is 2.43. The zero-order valence-electron chi connectivity index (χ0n) is 13.1. The Morgan fingerprint density at radius 2 is 1.95 bits per heavy atom. The summed E-state index contributed by atoms with van der Waals surface area (Å²) in [6.07, 6.45) is 0.888. The van der Waals surface area contributed by atoms with Gasteiger partial charge in [0.05, 0.1) is 19.3 Å². The third kappa shape index (κ3) is 3.93. The Kier molecular flexibility index (Phi) is 6.96. The molecule has 4 heteroatoms. The van der Waals surface area contributed by atoms with Crippen molar-refractivity contribution in [1.82, 2.24) is 5.32 Å². The molecular formula is C16H26FNO2. The van der Waals surface area contributed by atoms with Gasteiger partial charge in [-0.25, -0.2) is 4.39 Å². The van der Waals surface area contributed by atoms with E-state index in [9.17, 15) is 4.39 Å². The predicted octanol–water partition coefficient (Wildman–Crippen LogP) is 3.55. The standard InChI is InChI=1S/C16H26FNO2/c1-6-10-18-15(16(20-5)11(2)3)12-8-7-9-13(19-4)14(12)17/h7-9,11,15-16,18H,6,10H2,1-5H3. The Bertz CT molecular complexity index is 409. The van der Waals surface area contributed by atoms with Gasteiger partial charge in [0, 0.05) is 12.7 Å². The summed E-state index contributed by atoms with van der Waals surface area (Å²) in [6, 6.07) is 5.05. The Labute approximate surface area is 121 Å². The minimum absolute atomic E-state index is 0.0943. The fourth-order valence-electron chi connectivity index (χ4n) is 2.42. The van der Waals surface area contributed by atoms with Crippen molar-refractivity contribution in [3.63, 3.8) is 0 Å². The fourth-order valence-corrected chi connectivity index (χ4v) is 2.42. The first-order chi connectivity index (χ1) is 9.56. The average molecular weight is 283 g/mol. The zero-order valence-corrected chi connectivity index (χ0v) is 13.1. The van der Waals surface area contributed by atoms with E-state index >= 15 is 0 Å². The molecule has 0 bridgehead atoms. The number of methoxy groups -OCH3 is 2. The number of nitrogens with one attached hydrogen (secondary N) is 1. The molecular weight excluding hydrogens is 257 g/mol. The summed E-state index contributed by atoms with van der Waals surface area (Å²) >= 11 is 0. The van der Waals surface area contributed by atoms with Crippen LogP contribution < -0.4 is 10.1 Å². The molecule has 0 aromatic heterocycles. The van der Waals surface area contributed by atoms with Crippen LogP contribution in [-0.4, -0.2) is 26.9 Å². The van der Waals surface area contributed by atoms with Gasteiger partial charge >= 0.3 is 0 Å². The van der Waals surface area contributed by atoms with Gasteiger partial charge in [-0.1, -0.05) is 32.9 Å².